The van der Waals surface area contributed by atoms with E-state index < -0.39 is 0 Å². The van der Waals surface area contributed by atoms with Gasteiger partial charge in [0.15, 0.2) is 0 Å². The third-order valence-corrected chi connectivity index (χ3v) is 2.21. The second-order valence-electron chi connectivity index (χ2n) is 2.74. The standard InChI is InChI=1S/C8H12N4OS/c1-12(5-6(9)13)7-3-10-4-8(11-7)14-2/h3-4H,5H2,1-2H3,(H2,9,13). The van der Waals surface area contributed by atoms with Crippen LogP contribution < -0.4 is 10.6 Å². The van der Waals surface area contributed by atoms with E-state index in [0.29, 0.717) is 5.82 Å². The molecule has 0 aliphatic heterocycles. The van der Waals surface area contributed by atoms with Crippen molar-refractivity contribution in [1.82, 2.24) is 9.97 Å². The van der Waals surface area contributed by atoms with E-state index >= 15 is 0 Å². The van der Waals surface area contributed by atoms with E-state index in [0.717, 1.165) is 5.03 Å². The molecule has 0 aromatic carbocycles. The fraction of sp³-hybridized carbons (Fsp3) is 0.375. The van der Waals surface area contributed by atoms with Gasteiger partial charge in [0.05, 0.1) is 18.9 Å². The molecular formula is C8H12N4OS. The Bertz CT molecular complexity index is 331. The van der Waals surface area contributed by atoms with E-state index in [1.165, 1.54) is 11.8 Å². The predicted octanol–water partition coefficient (Wildman–Crippen LogP) is 0.120. The van der Waals surface area contributed by atoms with Gasteiger partial charge in [0, 0.05) is 7.05 Å². The Kier molecular flexibility index (Phi) is 3.70. The first-order valence-electron chi connectivity index (χ1n) is 3.99. The third kappa shape index (κ3) is 2.88. The van der Waals surface area contributed by atoms with Crippen molar-refractivity contribution in [2.24, 2.45) is 5.73 Å². The summed E-state index contributed by atoms with van der Waals surface area (Å²) >= 11 is 1.50. The molecule has 14 heavy (non-hydrogen) atoms. The highest BCUT2D eigenvalue weighted by Crippen LogP contribution is 2.14. The largest absolute Gasteiger partial charge is 0.368 e. The molecule has 0 unspecified atom stereocenters. The van der Waals surface area contributed by atoms with Crippen LogP contribution >= 0.6 is 11.8 Å². The van der Waals surface area contributed by atoms with Crippen LogP contribution in [0, 0.1) is 0 Å². The Labute approximate surface area is 86.7 Å². The van der Waals surface area contributed by atoms with Gasteiger partial charge in [-0.25, -0.2) is 4.98 Å². The summed E-state index contributed by atoms with van der Waals surface area (Å²) in [5.74, 6) is 0.263. The molecule has 1 aromatic rings. The number of carbonyl (C=O) groups is 1. The minimum absolute atomic E-state index is 0.145. The fourth-order valence-corrected chi connectivity index (χ4v) is 1.29. The Morgan fingerprint density at radius 1 is 1.64 bits per heavy atom. The summed E-state index contributed by atoms with van der Waals surface area (Å²) in [5.41, 5.74) is 5.07. The minimum atomic E-state index is -0.385. The van der Waals surface area contributed by atoms with Gasteiger partial charge in [-0.2, -0.15) is 0 Å². The Hall–Kier alpha value is -1.30. The molecule has 76 valence electrons. The lowest BCUT2D eigenvalue weighted by Gasteiger charge is -2.15. The molecule has 0 saturated heterocycles. The van der Waals surface area contributed by atoms with Crippen LogP contribution in [0.15, 0.2) is 17.4 Å². The summed E-state index contributed by atoms with van der Waals surface area (Å²) in [5, 5.41) is 0.818. The Morgan fingerprint density at radius 3 is 2.93 bits per heavy atom. The molecular weight excluding hydrogens is 200 g/mol. The number of primary amides is 1. The molecule has 1 amide bonds. The van der Waals surface area contributed by atoms with Crippen molar-refractivity contribution in [3.05, 3.63) is 12.4 Å². The van der Waals surface area contributed by atoms with Crippen molar-refractivity contribution in [2.75, 3.05) is 24.7 Å². The van der Waals surface area contributed by atoms with Crippen LogP contribution in [0.4, 0.5) is 5.82 Å². The van der Waals surface area contributed by atoms with Crippen molar-refractivity contribution < 1.29 is 4.79 Å². The number of nitrogens with zero attached hydrogens (tertiary/aromatic N) is 3. The van der Waals surface area contributed by atoms with E-state index in [4.69, 9.17) is 5.73 Å². The SMILES string of the molecule is CSc1cncc(N(C)CC(N)=O)n1. The number of aromatic nitrogens is 2. The van der Waals surface area contributed by atoms with Crippen molar-refractivity contribution in [3.8, 4) is 0 Å². The van der Waals surface area contributed by atoms with Crippen LogP contribution in [0.3, 0.4) is 0 Å². The first kappa shape index (κ1) is 10.8. The van der Waals surface area contributed by atoms with Crippen LogP contribution in [0.5, 0.6) is 0 Å². The van der Waals surface area contributed by atoms with E-state index in [9.17, 15) is 4.79 Å². The highest BCUT2D eigenvalue weighted by molar-refractivity contribution is 7.98. The molecule has 5 nitrogen and oxygen atoms in total. The van der Waals surface area contributed by atoms with Crippen LogP contribution in [0.25, 0.3) is 0 Å². The van der Waals surface area contributed by atoms with Crippen LogP contribution in [0.1, 0.15) is 0 Å². The van der Waals surface area contributed by atoms with Crippen molar-refractivity contribution >= 4 is 23.5 Å². The number of hydrogen-bond acceptors (Lipinski definition) is 5. The topological polar surface area (TPSA) is 72.1 Å². The van der Waals surface area contributed by atoms with E-state index in [1.54, 1.807) is 24.3 Å². The van der Waals surface area contributed by atoms with Gasteiger partial charge in [-0.3, -0.25) is 9.78 Å². The van der Waals surface area contributed by atoms with Crippen molar-refractivity contribution in [3.63, 3.8) is 0 Å². The van der Waals surface area contributed by atoms with Gasteiger partial charge in [0.25, 0.3) is 0 Å². The van der Waals surface area contributed by atoms with Crippen LogP contribution in [-0.2, 0) is 4.79 Å². The molecule has 6 heteroatoms. The smallest absolute Gasteiger partial charge is 0.236 e. The molecule has 1 heterocycles. The highest BCUT2D eigenvalue weighted by Gasteiger charge is 2.06. The number of rotatable bonds is 4. The minimum Gasteiger partial charge on any atom is -0.368 e. The summed E-state index contributed by atoms with van der Waals surface area (Å²) in [7, 11) is 1.75. The number of anilines is 1. The van der Waals surface area contributed by atoms with Gasteiger partial charge in [-0.1, -0.05) is 0 Å². The third-order valence-electron chi connectivity index (χ3n) is 1.59. The van der Waals surface area contributed by atoms with Crippen LogP contribution in [-0.4, -0.2) is 35.7 Å². The lowest BCUT2D eigenvalue weighted by Crippen LogP contribution is -2.31. The van der Waals surface area contributed by atoms with E-state index in [2.05, 4.69) is 9.97 Å². The normalized spacial score (nSPS) is 9.86. The average Bonchev–Trinajstić information content (AvgIpc) is 2.17. The van der Waals surface area contributed by atoms with Gasteiger partial charge in [0.1, 0.15) is 10.8 Å². The monoisotopic (exact) mass is 212 g/mol. The molecule has 0 saturated carbocycles. The van der Waals surface area contributed by atoms with E-state index in [1.807, 2.05) is 6.26 Å². The first-order chi connectivity index (χ1) is 6.63. The van der Waals surface area contributed by atoms with Gasteiger partial charge >= 0.3 is 0 Å². The lowest BCUT2D eigenvalue weighted by molar-refractivity contribution is -0.116. The molecule has 0 aliphatic carbocycles. The number of thioether (sulfide) groups is 1. The second kappa shape index (κ2) is 4.80. The van der Waals surface area contributed by atoms with Crippen molar-refractivity contribution in [2.45, 2.75) is 5.03 Å². The molecule has 0 radical (unpaired) electrons. The molecule has 0 fully saturated rings. The summed E-state index contributed by atoms with van der Waals surface area (Å²) in [4.78, 5) is 20.6. The van der Waals surface area contributed by atoms with Crippen molar-refractivity contribution in [1.29, 1.82) is 0 Å². The Morgan fingerprint density at radius 2 is 2.36 bits per heavy atom. The van der Waals surface area contributed by atoms with Gasteiger partial charge in [-0.15, -0.1) is 11.8 Å². The van der Waals surface area contributed by atoms with Gasteiger partial charge in [-0.05, 0) is 6.26 Å². The molecule has 0 aliphatic rings. The van der Waals surface area contributed by atoms with Gasteiger partial charge in [0.2, 0.25) is 5.91 Å². The maximum absolute atomic E-state index is 10.7. The lowest BCUT2D eigenvalue weighted by atomic mass is 10.5. The van der Waals surface area contributed by atoms with Gasteiger partial charge < -0.3 is 10.6 Å². The summed E-state index contributed by atoms with van der Waals surface area (Å²) in [6.45, 7) is 0.145. The quantitative estimate of drug-likeness (QED) is 0.718. The molecule has 1 rings (SSSR count). The zero-order valence-electron chi connectivity index (χ0n) is 8.10. The van der Waals surface area contributed by atoms with Crippen LogP contribution in [0.2, 0.25) is 0 Å². The molecule has 0 atom stereocenters. The molecule has 0 bridgehead atoms. The molecule has 2 N–H and O–H groups in total. The zero-order chi connectivity index (χ0) is 10.6. The molecule has 0 spiro atoms. The number of carbonyl (C=O) groups excluding carboxylic acids is 1. The Balaban J connectivity index is 2.78. The number of amides is 1. The fourth-order valence-electron chi connectivity index (χ4n) is 0.935. The zero-order valence-corrected chi connectivity index (χ0v) is 8.91. The number of likely N-dealkylation sites (N-methyl/N-ethyl adjacent to an activating group) is 1. The highest BCUT2D eigenvalue weighted by atomic mass is 32.2. The molecule has 1 aromatic heterocycles. The maximum Gasteiger partial charge on any atom is 0.236 e. The number of nitrogens with two attached hydrogens (primary N) is 1. The summed E-state index contributed by atoms with van der Waals surface area (Å²) in [6.07, 6.45) is 5.19. The van der Waals surface area contributed by atoms with E-state index in [-0.39, 0.29) is 12.5 Å². The first-order valence-corrected chi connectivity index (χ1v) is 5.21. The second-order valence-corrected chi connectivity index (χ2v) is 3.57. The summed E-state index contributed by atoms with van der Waals surface area (Å²) in [6, 6.07) is 0. The maximum atomic E-state index is 10.7. The predicted molar refractivity (Wildman–Crippen MR) is 56.3 cm³/mol. The summed E-state index contributed by atoms with van der Waals surface area (Å²) < 4.78 is 0. The number of hydrogen-bond donors (Lipinski definition) is 1. The average molecular weight is 212 g/mol.